The lowest BCUT2D eigenvalue weighted by Crippen LogP contribution is -2.19. The number of thiocarbonyl (C=S) groups is 1. The smallest absolute Gasteiger partial charge is 0.0646 e. The van der Waals surface area contributed by atoms with Gasteiger partial charge in [0.1, 0.15) is 0 Å². The highest BCUT2D eigenvalue weighted by Gasteiger charge is 2.01. The van der Waals surface area contributed by atoms with Gasteiger partial charge in [0.2, 0.25) is 0 Å². The Morgan fingerprint density at radius 1 is 0.765 bits per heavy atom. The van der Waals surface area contributed by atoms with Gasteiger partial charge in [-0.05, 0) is 11.1 Å². The molecular formula is C15H15NS. The van der Waals surface area contributed by atoms with Crippen LogP contribution in [0.4, 0.5) is 0 Å². The fourth-order valence-corrected chi connectivity index (χ4v) is 1.92. The minimum Gasteiger partial charge on any atom is -0.360 e. The molecule has 0 aliphatic rings. The standard InChI is InChI=1S/C15H15NS/c17-13-16(11-14-7-3-1-4-8-14)12-15-9-5-2-6-10-15/h1-10,13H,11-12H2. The van der Waals surface area contributed by atoms with Gasteiger partial charge in [-0.15, -0.1) is 0 Å². The molecule has 0 spiro atoms. The van der Waals surface area contributed by atoms with Crippen molar-refractivity contribution in [2.75, 3.05) is 0 Å². The van der Waals surface area contributed by atoms with E-state index >= 15 is 0 Å². The van der Waals surface area contributed by atoms with Crippen molar-refractivity contribution >= 4 is 17.7 Å². The van der Waals surface area contributed by atoms with E-state index in [1.54, 1.807) is 5.49 Å². The van der Waals surface area contributed by atoms with E-state index in [1.165, 1.54) is 11.1 Å². The zero-order valence-corrected chi connectivity index (χ0v) is 10.4. The molecule has 0 atom stereocenters. The topological polar surface area (TPSA) is 3.24 Å². The Kier molecular flexibility index (Phi) is 4.28. The second-order valence-electron chi connectivity index (χ2n) is 3.98. The summed E-state index contributed by atoms with van der Waals surface area (Å²) in [6.45, 7) is 1.72. The van der Waals surface area contributed by atoms with Gasteiger partial charge in [-0.3, -0.25) is 0 Å². The molecule has 0 heterocycles. The van der Waals surface area contributed by atoms with Crippen LogP contribution in [0.3, 0.4) is 0 Å². The van der Waals surface area contributed by atoms with Crippen LogP contribution in [0.2, 0.25) is 0 Å². The van der Waals surface area contributed by atoms with Crippen molar-refractivity contribution in [2.45, 2.75) is 13.1 Å². The van der Waals surface area contributed by atoms with Crippen LogP contribution in [-0.2, 0) is 13.1 Å². The molecule has 0 saturated carbocycles. The van der Waals surface area contributed by atoms with Crippen molar-refractivity contribution < 1.29 is 0 Å². The van der Waals surface area contributed by atoms with E-state index < -0.39 is 0 Å². The van der Waals surface area contributed by atoms with Crippen molar-refractivity contribution in [2.24, 2.45) is 0 Å². The number of benzene rings is 2. The van der Waals surface area contributed by atoms with Crippen molar-refractivity contribution in [3.05, 3.63) is 71.8 Å². The maximum atomic E-state index is 5.07. The van der Waals surface area contributed by atoms with Crippen LogP contribution in [0.25, 0.3) is 0 Å². The van der Waals surface area contributed by atoms with Crippen LogP contribution in [0.5, 0.6) is 0 Å². The van der Waals surface area contributed by atoms with Gasteiger partial charge in [-0.25, -0.2) is 0 Å². The largest absolute Gasteiger partial charge is 0.360 e. The van der Waals surface area contributed by atoms with E-state index in [9.17, 15) is 0 Å². The summed E-state index contributed by atoms with van der Waals surface area (Å²) >= 11 is 5.07. The SMILES string of the molecule is S=CN(Cc1ccccc1)Cc1ccccc1. The molecule has 0 aliphatic heterocycles. The van der Waals surface area contributed by atoms with E-state index in [1.807, 2.05) is 12.1 Å². The summed E-state index contributed by atoms with van der Waals surface area (Å²) in [6, 6.07) is 20.8. The van der Waals surface area contributed by atoms with Crippen molar-refractivity contribution in [1.82, 2.24) is 4.90 Å². The number of nitrogens with zero attached hydrogens (tertiary/aromatic N) is 1. The quantitative estimate of drug-likeness (QED) is 0.735. The second kappa shape index (κ2) is 6.16. The lowest BCUT2D eigenvalue weighted by molar-refractivity contribution is 0.425. The Bertz CT molecular complexity index is 411. The van der Waals surface area contributed by atoms with E-state index in [4.69, 9.17) is 12.2 Å². The number of hydrogen-bond donors (Lipinski definition) is 0. The average Bonchev–Trinajstić information content (AvgIpc) is 2.40. The van der Waals surface area contributed by atoms with Crippen molar-refractivity contribution in [3.63, 3.8) is 0 Å². The molecule has 86 valence electrons. The highest BCUT2D eigenvalue weighted by molar-refractivity contribution is 7.78. The van der Waals surface area contributed by atoms with E-state index in [0.29, 0.717) is 0 Å². The first-order valence-corrected chi connectivity index (χ1v) is 6.13. The molecule has 0 saturated heterocycles. The monoisotopic (exact) mass is 241 g/mol. The molecule has 0 fully saturated rings. The van der Waals surface area contributed by atoms with Crippen LogP contribution >= 0.6 is 12.2 Å². The number of rotatable bonds is 5. The summed E-state index contributed by atoms with van der Waals surface area (Å²) in [5.41, 5.74) is 4.30. The molecule has 2 heteroatoms. The lowest BCUT2D eigenvalue weighted by Gasteiger charge is -2.19. The van der Waals surface area contributed by atoms with E-state index in [-0.39, 0.29) is 0 Å². The van der Waals surface area contributed by atoms with Gasteiger partial charge < -0.3 is 4.90 Å². The molecule has 0 bridgehead atoms. The Morgan fingerprint density at radius 2 is 1.18 bits per heavy atom. The molecule has 17 heavy (non-hydrogen) atoms. The molecule has 0 aliphatic carbocycles. The lowest BCUT2D eigenvalue weighted by atomic mass is 10.2. The molecule has 0 radical (unpaired) electrons. The summed E-state index contributed by atoms with van der Waals surface area (Å²) in [5.74, 6) is 0. The molecule has 0 N–H and O–H groups in total. The summed E-state index contributed by atoms with van der Waals surface area (Å²) < 4.78 is 0. The minimum absolute atomic E-state index is 0.860. The van der Waals surface area contributed by atoms with Crippen LogP contribution < -0.4 is 0 Å². The van der Waals surface area contributed by atoms with E-state index in [2.05, 4.69) is 53.4 Å². The highest BCUT2D eigenvalue weighted by Crippen LogP contribution is 2.08. The zero-order valence-electron chi connectivity index (χ0n) is 9.62. The molecule has 2 aromatic rings. The third-order valence-electron chi connectivity index (χ3n) is 2.61. The Hall–Kier alpha value is -1.67. The van der Waals surface area contributed by atoms with Crippen LogP contribution in [0.15, 0.2) is 60.7 Å². The Labute approximate surface area is 108 Å². The van der Waals surface area contributed by atoms with Gasteiger partial charge in [-0.2, -0.15) is 0 Å². The summed E-state index contributed by atoms with van der Waals surface area (Å²) in [7, 11) is 0. The molecule has 2 rings (SSSR count). The molecule has 0 aromatic heterocycles. The first kappa shape index (κ1) is 11.8. The van der Waals surface area contributed by atoms with Crippen LogP contribution in [0.1, 0.15) is 11.1 Å². The first-order valence-electron chi connectivity index (χ1n) is 5.65. The van der Waals surface area contributed by atoms with Crippen LogP contribution in [0, 0.1) is 0 Å². The van der Waals surface area contributed by atoms with Gasteiger partial charge >= 0.3 is 0 Å². The average molecular weight is 241 g/mol. The predicted molar refractivity (Wildman–Crippen MR) is 75.8 cm³/mol. The van der Waals surface area contributed by atoms with Crippen molar-refractivity contribution in [1.29, 1.82) is 0 Å². The van der Waals surface area contributed by atoms with Crippen LogP contribution in [-0.4, -0.2) is 10.4 Å². The summed E-state index contributed by atoms with van der Waals surface area (Å²) in [5, 5.41) is 0. The molecule has 2 aromatic carbocycles. The Balaban J connectivity index is 2.01. The third kappa shape index (κ3) is 3.68. The maximum Gasteiger partial charge on any atom is 0.0646 e. The first-order chi connectivity index (χ1) is 8.38. The van der Waals surface area contributed by atoms with Gasteiger partial charge in [0, 0.05) is 13.1 Å². The van der Waals surface area contributed by atoms with Gasteiger partial charge in [0.15, 0.2) is 0 Å². The predicted octanol–water partition coefficient (Wildman–Crippen LogP) is 3.65. The summed E-state index contributed by atoms with van der Waals surface area (Å²) in [6.07, 6.45) is 0. The van der Waals surface area contributed by atoms with E-state index in [0.717, 1.165) is 13.1 Å². The van der Waals surface area contributed by atoms with Gasteiger partial charge in [0.05, 0.1) is 5.49 Å². The minimum atomic E-state index is 0.860. The number of hydrogen-bond acceptors (Lipinski definition) is 1. The summed E-state index contributed by atoms with van der Waals surface area (Å²) in [4.78, 5) is 2.14. The molecule has 0 unspecified atom stereocenters. The van der Waals surface area contributed by atoms with Gasteiger partial charge in [0.25, 0.3) is 0 Å². The fraction of sp³-hybridized carbons (Fsp3) is 0.133. The highest BCUT2D eigenvalue weighted by atomic mass is 32.1. The Morgan fingerprint density at radius 3 is 1.53 bits per heavy atom. The third-order valence-corrected chi connectivity index (χ3v) is 2.90. The molecular weight excluding hydrogens is 226 g/mol. The molecule has 0 amide bonds. The van der Waals surface area contributed by atoms with Crippen molar-refractivity contribution in [3.8, 4) is 0 Å². The second-order valence-corrected chi connectivity index (χ2v) is 4.19. The fourth-order valence-electron chi connectivity index (χ4n) is 1.77. The molecule has 1 nitrogen and oxygen atoms in total. The maximum absolute atomic E-state index is 5.07. The van der Waals surface area contributed by atoms with Gasteiger partial charge in [-0.1, -0.05) is 72.9 Å². The normalized spacial score (nSPS) is 9.88. The zero-order chi connectivity index (χ0) is 11.9.